The van der Waals surface area contributed by atoms with Crippen molar-refractivity contribution in [1.29, 1.82) is 0 Å². The number of rotatable bonds is 5. The smallest absolute Gasteiger partial charge is 0.307 e. The van der Waals surface area contributed by atoms with Crippen LogP contribution in [0.25, 0.3) is 0 Å². The Balaban J connectivity index is 1.45. The van der Waals surface area contributed by atoms with Crippen molar-refractivity contribution in [1.82, 2.24) is 0 Å². The zero-order valence-corrected chi connectivity index (χ0v) is 15.9. The van der Waals surface area contributed by atoms with Crippen LogP contribution in [0, 0.1) is 23.6 Å². The zero-order valence-electron chi connectivity index (χ0n) is 15.2. The van der Waals surface area contributed by atoms with Gasteiger partial charge in [-0.25, -0.2) is 4.39 Å². The maximum absolute atomic E-state index is 13.7. The summed E-state index contributed by atoms with van der Waals surface area (Å²) in [5, 5.41) is 8.91. The average molecular weight is 379 g/mol. The van der Waals surface area contributed by atoms with Crippen LogP contribution < -0.4 is 0 Å². The molecule has 0 bridgehead atoms. The molecular formula is C22H28ClFO2. The molecule has 2 saturated carbocycles. The minimum Gasteiger partial charge on any atom is -0.481 e. The Morgan fingerprint density at radius 1 is 1.08 bits per heavy atom. The normalized spacial score (nSPS) is 29.8. The van der Waals surface area contributed by atoms with Crippen LogP contribution in [0.15, 0.2) is 30.4 Å². The van der Waals surface area contributed by atoms with Crippen molar-refractivity contribution in [2.45, 2.75) is 63.7 Å². The van der Waals surface area contributed by atoms with E-state index in [4.69, 9.17) is 16.7 Å². The second kappa shape index (κ2) is 9.03. The first kappa shape index (κ1) is 19.4. The topological polar surface area (TPSA) is 37.3 Å². The van der Waals surface area contributed by atoms with E-state index >= 15 is 0 Å². The Kier molecular flexibility index (Phi) is 6.74. The second-order valence-electron chi connectivity index (χ2n) is 7.99. The lowest BCUT2D eigenvalue weighted by atomic mass is 9.68. The highest BCUT2D eigenvalue weighted by molar-refractivity contribution is 6.30. The highest BCUT2D eigenvalue weighted by Crippen LogP contribution is 2.44. The molecule has 0 radical (unpaired) electrons. The summed E-state index contributed by atoms with van der Waals surface area (Å²) in [6, 6.07) is 5.27. The molecule has 0 unspecified atom stereocenters. The van der Waals surface area contributed by atoms with Gasteiger partial charge in [0.1, 0.15) is 5.82 Å². The Bertz CT molecular complexity index is 642. The van der Waals surface area contributed by atoms with Crippen LogP contribution in [-0.2, 0) is 4.79 Å². The quantitative estimate of drug-likeness (QED) is 0.586. The molecule has 0 atom stereocenters. The molecule has 0 heterocycles. The fraction of sp³-hybridized carbons (Fsp3) is 0.591. The third-order valence-electron chi connectivity index (χ3n) is 6.37. The monoisotopic (exact) mass is 378 g/mol. The number of carboxylic acids is 1. The summed E-state index contributed by atoms with van der Waals surface area (Å²) < 4.78 is 13.7. The first-order valence-corrected chi connectivity index (χ1v) is 10.2. The molecule has 142 valence electrons. The predicted molar refractivity (Wildman–Crippen MR) is 103 cm³/mol. The summed E-state index contributed by atoms with van der Waals surface area (Å²) in [4.78, 5) is 10.6. The van der Waals surface area contributed by atoms with Crippen molar-refractivity contribution in [3.05, 3.63) is 46.8 Å². The van der Waals surface area contributed by atoms with Gasteiger partial charge in [-0.15, -0.1) is 0 Å². The fourth-order valence-electron chi connectivity index (χ4n) is 4.86. The summed E-state index contributed by atoms with van der Waals surface area (Å²) in [6.45, 7) is 0. The van der Waals surface area contributed by atoms with E-state index in [1.165, 1.54) is 38.5 Å². The van der Waals surface area contributed by atoms with Gasteiger partial charge < -0.3 is 5.11 Å². The highest BCUT2D eigenvalue weighted by Gasteiger charge is 2.30. The molecule has 0 aromatic heterocycles. The lowest BCUT2D eigenvalue weighted by Crippen LogP contribution is -2.25. The van der Waals surface area contributed by atoms with Gasteiger partial charge in [-0.2, -0.15) is 0 Å². The molecule has 0 aliphatic heterocycles. The highest BCUT2D eigenvalue weighted by atomic mass is 35.5. The third kappa shape index (κ3) is 5.09. The molecule has 26 heavy (non-hydrogen) atoms. The third-order valence-corrected chi connectivity index (χ3v) is 6.68. The zero-order chi connectivity index (χ0) is 18.5. The molecule has 1 aromatic carbocycles. The van der Waals surface area contributed by atoms with Crippen molar-refractivity contribution in [3.63, 3.8) is 0 Å². The van der Waals surface area contributed by atoms with Crippen LogP contribution >= 0.6 is 11.6 Å². The minimum atomic E-state index is -0.757. The number of allylic oxidation sites excluding steroid dienone is 1. The number of halogens is 2. The molecule has 0 amide bonds. The van der Waals surface area contributed by atoms with E-state index < -0.39 is 5.97 Å². The van der Waals surface area contributed by atoms with Crippen LogP contribution in [0.1, 0.15) is 69.3 Å². The van der Waals surface area contributed by atoms with Gasteiger partial charge in [-0.05, 0) is 92.7 Å². The van der Waals surface area contributed by atoms with E-state index in [-0.39, 0.29) is 17.3 Å². The maximum atomic E-state index is 13.7. The number of hydrogen-bond donors (Lipinski definition) is 1. The molecule has 3 rings (SSSR count). The van der Waals surface area contributed by atoms with E-state index in [0.29, 0.717) is 11.8 Å². The van der Waals surface area contributed by atoms with Crippen LogP contribution in [0.4, 0.5) is 4.39 Å². The summed E-state index contributed by atoms with van der Waals surface area (Å²) in [5.74, 6) is 1.56. The van der Waals surface area contributed by atoms with Gasteiger partial charge in [-0.1, -0.05) is 29.8 Å². The summed E-state index contributed by atoms with van der Waals surface area (Å²) in [6.07, 6.45) is 13.7. The summed E-state index contributed by atoms with van der Waals surface area (Å²) >= 11 is 5.79. The largest absolute Gasteiger partial charge is 0.481 e. The molecule has 2 fully saturated rings. The number of carbonyl (C=O) groups is 1. The number of benzene rings is 1. The van der Waals surface area contributed by atoms with E-state index in [2.05, 4.69) is 6.08 Å². The Morgan fingerprint density at radius 2 is 1.69 bits per heavy atom. The van der Waals surface area contributed by atoms with Crippen LogP contribution in [0.3, 0.4) is 0 Å². The first-order chi connectivity index (χ1) is 12.5. The minimum absolute atomic E-state index is 0.134. The van der Waals surface area contributed by atoms with Gasteiger partial charge in [0.15, 0.2) is 0 Å². The van der Waals surface area contributed by atoms with Crippen molar-refractivity contribution in [3.8, 4) is 0 Å². The molecule has 2 aliphatic carbocycles. The number of carboxylic acid groups (broad SMARTS) is 1. The van der Waals surface area contributed by atoms with Gasteiger partial charge in [0, 0.05) is 0 Å². The summed E-state index contributed by atoms with van der Waals surface area (Å²) in [5.41, 5.74) is 1.10. The maximum Gasteiger partial charge on any atom is 0.307 e. The molecule has 1 N–H and O–H groups in total. The van der Waals surface area contributed by atoms with Gasteiger partial charge in [-0.3, -0.25) is 4.79 Å². The molecule has 0 spiro atoms. The van der Waals surface area contributed by atoms with Crippen molar-refractivity contribution < 1.29 is 14.3 Å². The van der Waals surface area contributed by atoms with Crippen molar-refractivity contribution in [2.75, 3.05) is 0 Å². The molecule has 0 saturated heterocycles. The van der Waals surface area contributed by atoms with Crippen LogP contribution in [-0.4, -0.2) is 11.1 Å². The number of hydrogen-bond acceptors (Lipinski definition) is 1. The van der Waals surface area contributed by atoms with Gasteiger partial charge in [0.25, 0.3) is 0 Å². The average Bonchev–Trinajstić information content (AvgIpc) is 2.64. The second-order valence-corrected chi connectivity index (χ2v) is 8.39. The van der Waals surface area contributed by atoms with Crippen LogP contribution in [0.5, 0.6) is 0 Å². The molecule has 2 aliphatic rings. The summed E-state index contributed by atoms with van der Waals surface area (Å²) in [7, 11) is 0. The van der Waals surface area contributed by atoms with Crippen LogP contribution in [0.2, 0.25) is 5.02 Å². The Morgan fingerprint density at radius 3 is 2.27 bits per heavy atom. The van der Waals surface area contributed by atoms with Crippen molar-refractivity contribution >= 4 is 17.6 Å². The van der Waals surface area contributed by atoms with Gasteiger partial charge in [0.2, 0.25) is 0 Å². The van der Waals surface area contributed by atoms with Gasteiger partial charge in [0.05, 0.1) is 11.4 Å². The lowest BCUT2D eigenvalue weighted by Gasteiger charge is -2.37. The Labute approximate surface area is 160 Å². The molecule has 2 nitrogen and oxygen atoms in total. The molecule has 1 aromatic rings. The Hall–Kier alpha value is -1.35. The van der Waals surface area contributed by atoms with Crippen molar-refractivity contribution in [2.24, 2.45) is 17.8 Å². The fourth-order valence-corrected chi connectivity index (χ4v) is 4.98. The predicted octanol–water partition coefficient (Wildman–Crippen LogP) is 6.59. The lowest BCUT2D eigenvalue weighted by molar-refractivity contribution is -0.136. The first-order valence-electron chi connectivity index (χ1n) is 9.86. The SMILES string of the molecule is O=C(O)CC=CC1CCC(C2CCC(c3ccc(Cl)c(F)c3)CC2)CC1. The van der Waals surface area contributed by atoms with E-state index in [0.717, 1.165) is 30.2 Å². The standard InChI is InChI=1S/C22H28ClFO2/c23-20-13-12-19(14-21(20)24)18-10-8-17(9-11-18)16-6-4-15(5-7-16)2-1-3-22(25)26/h1-2,12-18H,3-11H2,(H,25,26). The van der Waals surface area contributed by atoms with Gasteiger partial charge >= 0.3 is 5.97 Å². The molecular weight excluding hydrogens is 351 g/mol. The van der Waals surface area contributed by atoms with E-state index in [1.807, 2.05) is 12.1 Å². The number of aliphatic carboxylic acids is 1. The van der Waals surface area contributed by atoms with E-state index in [1.54, 1.807) is 12.1 Å². The molecule has 4 heteroatoms. The van der Waals surface area contributed by atoms with E-state index in [9.17, 15) is 9.18 Å².